The number of aryl methyl sites for hydroxylation is 1. The highest BCUT2D eigenvalue weighted by Crippen LogP contribution is 2.28. The van der Waals surface area contributed by atoms with E-state index in [1.807, 2.05) is 0 Å². The van der Waals surface area contributed by atoms with Gasteiger partial charge < -0.3 is 5.32 Å². The molecule has 0 atom stereocenters. The number of rotatable bonds is 3. The fourth-order valence-electron chi connectivity index (χ4n) is 1.42. The lowest BCUT2D eigenvalue weighted by molar-refractivity contribution is 0.628. The predicted octanol–water partition coefficient (Wildman–Crippen LogP) is 5.33. The van der Waals surface area contributed by atoms with Gasteiger partial charge in [0.15, 0.2) is 0 Å². The third-order valence-corrected chi connectivity index (χ3v) is 5.12. The van der Waals surface area contributed by atoms with Crippen LogP contribution < -0.4 is 5.32 Å². The SMILES string of the molecule is Cc1sc(CNc2cc(F)ccc2Br)cc1Br. The van der Waals surface area contributed by atoms with Crippen LogP contribution in [0.15, 0.2) is 33.2 Å². The van der Waals surface area contributed by atoms with Crippen molar-refractivity contribution in [3.8, 4) is 0 Å². The Morgan fingerprint density at radius 2 is 2.00 bits per heavy atom. The van der Waals surface area contributed by atoms with Crippen molar-refractivity contribution in [2.75, 3.05) is 5.32 Å². The van der Waals surface area contributed by atoms with Gasteiger partial charge >= 0.3 is 0 Å². The van der Waals surface area contributed by atoms with Crippen molar-refractivity contribution in [2.45, 2.75) is 13.5 Å². The van der Waals surface area contributed by atoms with Gasteiger partial charge in [-0.05, 0) is 63.0 Å². The number of hydrogen-bond donors (Lipinski definition) is 1. The van der Waals surface area contributed by atoms with E-state index in [0.29, 0.717) is 6.54 Å². The van der Waals surface area contributed by atoms with Crippen molar-refractivity contribution in [3.63, 3.8) is 0 Å². The van der Waals surface area contributed by atoms with Crippen LogP contribution in [-0.4, -0.2) is 0 Å². The zero-order valence-corrected chi connectivity index (χ0v) is 13.0. The summed E-state index contributed by atoms with van der Waals surface area (Å²) in [5, 5.41) is 3.21. The molecule has 5 heteroatoms. The van der Waals surface area contributed by atoms with E-state index in [-0.39, 0.29) is 5.82 Å². The highest BCUT2D eigenvalue weighted by atomic mass is 79.9. The standard InChI is InChI=1S/C12H10Br2FNS/c1-7-11(14)5-9(17-7)6-16-12-4-8(15)2-3-10(12)13/h2-5,16H,6H2,1H3. The molecule has 0 amide bonds. The van der Waals surface area contributed by atoms with Gasteiger partial charge in [-0.15, -0.1) is 11.3 Å². The number of hydrogen-bond acceptors (Lipinski definition) is 2. The van der Waals surface area contributed by atoms with E-state index in [9.17, 15) is 4.39 Å². The third kappa shape index (κ3) is 3.30. The molecule has 0 fully saturated rings. The Labute approximate surface area is 120 Å². The Balaban J connectivity index is 2.09. The van der Waals surface area contributed by atoms with Gasteiger partial charge in [0.1, 0.15) is 5.82 Å². The first-order chi connectivity index (χ1) is 8.06. The molecule has 0 saturated heterocycles. The van der Waals surface area contributed by atoms with Gasteiger partial charge in [0, 0.05) is 25.2 Å². The maximum atomic E-state index is 13.1. The molecule has 1 heterocycles. The van der Waals surface area contributed by atoms with Crippen LogP contribution in [0.2, 0.25) is 0 Å². The molecule has 0 unspecified atom stereocenters. The monoisotopic (exact) mass is 377 g/mol. The summed E-state index contributed by atoms with van der Waals surface area (Å²) in [4.78, 5) is 2.46. The smallest absolute Gasteiger partial charge is 0.125 e. The summed E-state index contributed by atoms with van der Waals surface area (Å²) in [6.45, 7) is 2.76. The zero-order chi connectivity index (χ0) is 12.4. The van der Waals surface area contributed by atoms with Gasteiger partial charge in [-0.25, -0.2) is 4.39 Å². The van der Waals surface area contributed by atoms with E-state index in [4.69, 9.17) is 0 Å². The van der Waals surface area contributed by atoms with E-state index in [0.717, 1.165) is 14.6 Å². The van der Waals surface area contributed by atoms with Crippen molar-refractivity contribution < 1.29 is 4.39 Å². The minimum Gasteiger partial charge on any atom is -0.379 e. The topological polar surface area (TPSA) is 12.0 Å². The molecule has 2 aromatic rings. The minimum atomic E-state index is -0.237. The molecule has 90 valence electrons. The summed E-state index contributed by atoms with van der Waals surface area (Å²) in [6, 6.07) is 6.70. The van der Waals surface area contributed by atoms with Crippen LogP contribution in [0.3, 0.4) is 0 Å². The minimum absolute atomic E-state index is 0.237. The quantitative estimate of drug-likeness (QED) is 0.760. The van der Waals surface area contributed by atoms with Gasteiger partial charge in [-0.1, -0.05) is 0 Å². The normalized spacial score (nSPS) is 10.6. The van der Waals surface area contributed by atoms with Crippen LogP contribution in [0, 0.1) is 12.7 Å². The number of nitrogens with one attached hydrogen (secondary N) is 1. The van der Waals surface area contributed by atoms with E-state index in [1.165, 1.54) is 21.9 Å². The van der Waals surface area contributed by atoms with Crippen LogP contribution in [0.4, 0.5) is 10.1 Å². The molecule has 0 spiro atoms. The molecule has 1 N–H and O–H groups in total. The summed E-state index contributed by atoms with van der Waals surface area (Å²) >= 11 is 8.60. The first-order valence-electron chi connectivity index (χ1n) is 5.00. The second-order valence-corrected chi connectivity index (χ2v) is 6.64. The van der Waals surface area contributed by atoms with Crippen LogP contribution in [0.25, 0.3) is 0 Å². The molecule has 0 saturated carbocycles. The first kappa shape index (κ1) is 13.1. The average molecular weight is 379 g/mol. The van der Waals surface area contributed by atoms with Gasteiger partial charge in [-0.2, -0.15) is 0 Å². The van der Waals surface area contributed by atoms with E-state index < -0.39 is 0 Å². The molecular formula is C12H10Br2FNS. The number of halogens is 3. The van der Waals surface area contributed by atoms with Crippen LogP contribution in [0.1, 0.15) is 9.75 Å². The van der Waals surface area contributed by atoms with Crippen molar-refractivity contribution in [1.29, 1.82) is 0 Å². The number of benzene rings is 1. The number of thiophene rings is 1. The summed E-state index contributed by atoms with van der Waals surface area (Å²) in [5.41, 5.74) is 0.771. The molecule has 17 heavy (non-hydrogen) atoms. The molecular weight excluding hydrogens is 369 g/mol. The highest BCUT2D eigenvalue weighted by Gasteiger charge is 2.05. The molecule has 0 aliphatic heterocycles. The van der Waals surface area contributed by atoms with Gasteiger partial charge in [0.05, 0.1) is 5.69 Å². The summed E-state index contributed by atoms with van der Waals surface area (Å²) in [7, 11) is 0. The van der Waals surface area contributed by atoms with Crippen molar-refractivity contribution >= 4 is 48.9 Å². The Morgan fingerprint density at radius 1 is 1.24 bits per heavy atom. The summed E-state index contributed by atoms with van der Waals surface area (Å²) in [5.74, 6) is -0.237. The van der Waals surface area contributed by atoms with E-state index in [2.05, 4.69) is 50.2 Å². The van der Waals surface area contributed by atoms with Crippen LogP contribution >= 0.6 is 43.2 Å². The third-order valence-electron chi connectivity index (χ3n) is 2.29. The molecule has 1 aromatic carbocycles. The molecule has 0 bridgehead atoms. The second kappa shape index (κ2) is 5.50. The average Bonchev–Trinajstić information content (AvgIpc) is 2.60. The molecule has 0 radical (unpaired) electrons. The van der Waals surface area contributed by atoms with Gasteiger partial charge in [0.2, 0.25) is 0 Å². The van der Waals surface area contributed by atoms with Crippen LogP contribution in [0.5, 0.6) is 0 Å². The Hall–Kier alpha value is -0.390. The zero-order valence-electron chi connectivity index (χ0n) is 9.06. The molecule has 1 nitrogen and oxygen atoms in total. The predicted molar refractivity (Wildman–Crippen MR) is 78.2 cm³/mol. The lowest BCUT2D eigenvalue weighted by Crippen LogP contribution is -1.98. The number of anilines is 1. The Bertz CT molecular complexity index is 520. The molecule has 2 rings (SSSR count). The van der Waals surface area contributed by atoms with Crippen molar-refractivity contribution in [3.05, 3.63) is 48.8 Å². The van der Waals surface area contributed by atoms with Crippen LogP contribution in [-0.2, 0) is 6.54 Å². The molecule has 0 aliphatic carbocycles. The van der Waals surface area contributed by atoms with Crippen molar-refractivity contribution in [2.24, 2.45) is 0 Å². The second-order valence-electron chi connectivity index (χ2n) is 3.59. The van der Waals surface area contributed by atoms with Gasteiger partial charge in [-0.3, -0.25) is 0 Å². The first-order valence-corrected chi connectivity index (χ1v) is 7.40. The maximum Gasteiger partial charge on any atom is 0.125 e. The van der Waals surface area contributed by atoms with E-state index in [1.54, 1.807) is 17.4 Å². The van der Waals surface area contributed by atoms with E-state index >= 15 is 0 Å². The van der Waals surface area contributed by atoms with Gasteiger partial charge in [0.25, 0.3) is 0 Å². The fraction of sp³-hybridized carbons (Fsp3) is 0.167. The lowest BCUT2D eigenvalue weighted by atomic mass is 10.3. The van der Waals surface area contributed by atoms with Crippen molar-refractivity contribution in [1.82, 2.24) is 0 Å². The Kier molecular flexibility index (Phi) is 4.22. The Morgan fingerprint density at radius 3 is 2.65 bits per heavy atom. The summed E-state index contributed by atoms with van der Waals surface area (Å²) in [6.07, 6.45) is 0. The largest absolute Gasteiger partial charge is 0.379 e. The lowest BCUT2D eigenvalue weighted by Gasteiger charge is -2.07. The fourth-order valence-corrected chi connectivity index (χ4v) is 3.35. The molecule has 0 aliphatic rings. The summed E-state index contributed by atoms with van der Waals surface area (Å²) < 4.78 is 15.1. The maximum absolute atomic E-state index is 13.1. The molecule has 1 aromatic heterocycles. The highest BCUT2D eigenvalue weighted by molar-refractivity contribution is 9.11.